The number of imide groups is 1. The lowest BCUT2D eigenvalue weighted by Gasteiger charge is -2.17. The number of carbonyl (C=O) groups excluding carboxylic acids is 4. The summed E-state index contributed by atoms with van der Waals surface area (Å²) < 4.78 is 0. The Labute approximate surface area is 166 Å². The second-order valence-electron chi connectivity index (χ2n) is 6.35. The quantitative estimate of drug-likeness (QED) is 0.739. The molecule has 0 aliphatic carbocycles. The van der Waals surface area contributed by atoms with Crippen LogP contribution in [-0.4, -0.2) is 39.7 Å². The van der Waals surface area contributed by atoms with E-state index in [2.05, 4.69) is 5.32 Å². The number of primary amides is 1. The van der Waals surface area contributed by atoms with Gasteiger partial charge >= 0.3 is 0 Å². The first kappa shape index (κ1) is 19.6. The van der Waals surface area contributed by atoms with Gasteiger partial charge in [-0.05, 0) is 23.3 Å². The number of carbonyl (C=O) groups is 4. The third kappa shape index (κ3) is 4.77. The smallest absolute Gasteiger partial charge is 0.289 e. The lowest BCUT2D eigenvalue weighted by molar-refractivity contribution is -0.125. The molecule has 1 unspecified atom stereocenters. The summed E-state index contributed by atoms with van der Waals surface area (Å²) in [6.07, 6.45) is 0.287. The van der Waals surface area contributed by atoms with Gasteiger partial charge < -0.3 is 11.1 Å². The van der Waals surface area contributed by atoms with E-state index >= 15 is 0 Å². The lowest BCUT2D eigenvalue weighted by Crippen LogP contribution is -2.45. The Morgan fingerprint density at radius 1 is 1.07 bits per heavy atom. The first-order chi connectivity index (χ1) is 13.4. The van der Waals surface area contributed by atoms with Gasteiger partial charge in [0.1, 0.15) is 6.04 Å². The summed E-state index contributed by atoms with van der Waals surface area (Å²) in [6.45, 7) is 0.106. The van der Waals surface area contributed by atoms with E-state index < -0.39 is 17.9 Å². The molecule has 0 radical (unpaired) electrons. The molecule has 3 N–H and O–H groups in total. The molecule has 144 valence electrons. The van der Waals surface area contributed by atoms with Crippen molar-refractivity contribution in [3.63, 3.8) is 0 Å². The van der Waals surface area contributed by atoms with Gasteiger partial charge in [0.05, 0.1) is 12.3 Å². The molecular weight excluding hydrogens is 378 g/mol. The summed E-state index contributed by atoms with van der Waals surface area (Å²) >= 11 is 0.963. The Bertz CT molecular complexity index is 901. The van der Waals surface area contributed by atoms with E-state index in [9.17, 15) is 19.2 Å². The number of benzene rings is 2. The summed E-state index contributed by atoms with van der Waals surface area (Å²) in [5.41, 5.74) is 7.29. The van der Waals surface area contributed by atoms with Gasteiger partial charge in [0.15, 0.2) is 0 Å². The molecule has 28 heavy (non-hydrogen) atoms. The van der Waals surface area contributed by atoms with Crippen LogP contribution in [0.2, 0.25) is 0 Å². The van der Waals surface area contributed by atoms with Crippen molar-refractivity contribution in [2.75, 3.05) is 5.75 Å². The van der Waals surface area contributed by atoms with Crippen LogP contribution in [0.4, 0.5) is 4.79 Å². The SMILES string of the molecule is NC(=O)C(Cc1ccccc1)NC(=O)c1cccc(CN2C(=O)CSC2=O)c1. The lowest BCUT2D eigenvalue weighted by atomic mass is 10.0. The normalized spacial score (nSPS) is 14.8. The molecule has 8 heteroatoms. The molecule has 3 rings (SSSR count). The Balaban J connectivity index is 1.70. The van der Waals surface area contributed by atoms with Crippen molar-refractivity contribution in [3.8, 4) is 0 Å². The molecule has 0 bridgehead atoms. The first-order valence-corrected chi connectivity index (χ1v) is 9.63. The second kappa shape index (κ2) is 8.71. The summed E-state index contributed by atoms with van der Waals surface area (Å²) in [4.78, 5) is 49.0. The van der Waals surface area contributed by atoms with Crippen LogP contribution in [0, 0.1) is 0 Å². The Morgan fingerprint density at radius 2 is 1.79 bits per heavy atom. The van der Waals surface area contributed by atoms with Crippen molar-refractivity contribution >= 4 is 34.7 Å². The number of nitrogens with one attached hydrogen (secondary N) is 1. The van der Waals surface area contributed by atoms with Crippen LogP contribution in [0.1, 0.15) is 21.5 Å². The van der Waals surface area contributed by atoms with Crippen LogP contribution in [0.25, 0.3) is 0 Å². The first-order valence-electron chi connectivity index (χ1n) is 8.64. The number of amides is 4. The highest BCUT2D eigenvalue weighted by Gasteiger charge is 2.30. The van der Waals surface area contributed by atoms with E-state index in [0.717, 1.165) is 22.2 Å². The fourth-order valence-corrected chi connectivity index (χ4v) is 3.57. The molecule has 1 aliphatic rings. The molecule has 1 aliphatic heterocycles. The van der Waals surface area contributed by atoms with Gasteiger partial charge in [-0.25, -0.2) is 0 Å². The standard InChI is InChI=1S/C20H19N3O4S/c21-18(25)16(10-13-5-2-1-3-6-13)22-19(26)15-8-4-7-14(9-15)11-23-17(24)12-28-20(23)27/h1-9,16H,10-12H2,(H2,21,25)(H,22,26). The summed E-state index contributed by atoms with van der Waals surface area (Å²) in [5.74, 6) is -1.19. The molecule has 2 aromatic carbocycles. The van der Waals surface area contributed by atoms with E-state index in [-0.39, 0.29) is 29.9 Å². The Kier molecular flexibility index (Phi) is 6.10. The van der Waals surface area contributed by atoms with Gasteiger partial charge in [0, 0.05) is 12.0 Å². The minimum Gasteiger partial charge on any atom is -0.368 e. The fraction of sp³-hybridized carbons (Fsp3) is 0.200. The zero-order chi connectivity index (χ0) is 20.1. The summed E-state index contributed by atoms with van der Waals surface area (Å²) in [6, 6.07) is 15.0. The maximum Gasteiger partial charge on any atom is 0.289 e. The topological polar surface area (TPSA) is 110 Å². The Hall–Kier alpha value is -3.13. The zero-order valence-corrected chi connectivity index (χ0v) is 15.8. The molecule has 0 saturated carbocycles. The van der Waals surface area contributed by atoms with Gasteiger partial charge in [-0.3, -0.25) is 24.1 Å². The molecule has 7 nitrogen and oxygen atoms in total. The average Bonchev–Trinajstić information content (AvgIpc) is 3.00. The van der Waals surface area contributed by atoms with Crippen LogP contribution in [-0.2, 0) is 22.6 Å². The van der Waals surface area contributed by atoms with Crippen LogP contribution in [0.3, 0.4) is 0 Å². The van der Waals surface area contributed by atoms with E-state index in [1.165, 1.54) is 0 Å². The van der Waals surface area contributed by atoms with Crippen molar-refractivity contribution < 1.29 is 19.2 Å². The monoisotopic (exact) mass is 397 g/mol. The largest absolute Gasteiger partial charge is 0.368 e. The zero-order valence-electron chi connectivity index (χ0n) is 15.0. The van der Waals surface area contributed by atoms with Gasteiger partial charge in [0.2, 0.25) is 11.8 Å². The van der Waals surface area contributed by atoms with Crippen LogP contribution in [0.5, 0.6) is 0 Å². The molecule has 4 amide bonds. The van der Waals surface area contributed by atoms with Gasteiger partial charge in [-0.15, -0.1) is 0 Å². The number of nitrogens with zero attached hydrogens (tertiary/aromatic N) is 1. The minimum atomic E-state index is -0.850. The highest BCUT2D eigenvalue weighted by Crippen LogP contribution is 2.21. The van der Waals surface area contributed by atoms with Crippen LogP contribution < -0.4 is 11.1 Å². The van der Waals surface area contributed by atoms with Crippen molar-refractivity contribution in [1.29, 1.82) is 0 Å². The van der Waals surface area contributed by atoms with Gasteiger partial charge in [-0.2, -0.15) is 0 Å². The average molecular weight is 397 g/mol. The molecule has 1 saturated heterocycles. The highest BCUT2D eigenvalue weighted by atomic mass is 32.2. The van der Waals surface area contributed by atoms with E-state index in [1.54, 1.807) is 24.3 Å². The molecule has 1 atom stereocenters. The summed E-state index contributed by atoms with van der Waals surface area (Å²) in [5, 5.41) is 2.36. The predicted molar refractivity (Wildman–Crippen MR) is 105 cm³/mol. The van der Waals surface area contributed by atoms with Crippen LogP contribution in [0.15, 0.2) is 54.6 Å². The molecule has 1 heterocycles. The fourth-order valence-electron chi connectivity index (χ4n) is 2.84. The maximum atomic E-state index is 12.6. The molecule has 1 fully saturated rings. The van der Waals surface area contributed by atoms with Crippen molar-refractivity contribution in [2.45, 2.75) is 19.0 Å². The third-order valence-corrected chi connectivity index (χ3v) is 5.16. The third-order valence-electron chi connectivity index (χ3n) is 4.30. The molecule has 0 aromatic heterocycles. The van der Waals surface area contributed by atoms with E-state index in [0.29, 0.717) is 11.1 Å². The highest BCUT2D eigenvalue weighted by molar-refractivity contribution is 8.14. The minimum absolute atomic E-state index is 0.106. The number of rotatable bonds is 7. The molecule has 0 spiro atoms. The number of thioether (sulfide) groups is 1. The molecular formula is C20H19N3O4S. The van der Waals surface area contributed by atoms with Gasteiger partial charge in [-0.1, -0.05) is 54.2 Å². The van der Waals surface area contributed by atoms with Crippen molar-refractivity contribution in [1.82, 2.24) is 10.2 Å². The number of hydrogen-bond donors (Lipinski definition) is 2. The second-order valence-corrected chi connectivity index (χ2v) is 7.28. The predicted octanol–water partition coefficient (Wildman–Crippen LogP) is 1.71. The van der Waals surface area contributed by atoms with E-state index in [1.807, 2.05) is 30.3 Å². The summed E-state index contributed by atoms with van der Waals surface area (Å²) in [7, 11) is 0. The maximum absolute atomic E-state index is 12.6. The van der Waals surface area contributed by atoms with Gasteiger partial charge in [0.25, 0.3) is 11.1 Å². The Morgan fingerprint density at radius 3 is 2.43 bits per heavy atom. The van der Waals surface area contributed by atoms with Crippen molar-refractivity contribution in [3.05, 3.63) is 71.3 Å². The van der Waals surface area contributed by atoms with Crippen molar-refractivity contribution in [2.24, 2.45) is 5.73 Å². The molecule has 2 aromatic rings. The van der Waals surface area contributed by atoms with E-state index in [4.69, 9.17) is 5.73 Å². The number of nitrogens with two attached hydrogens (primary N) is 1. The number of hydrogen-bond acceptors (Lipinski definition) is 5. The van der Waals surface area contributed by atoms with Crippen LogP contribution >= 0.6 is 11.8 Å².